The molecule has 82 valence electrons. The summed E-state index contributed by atoms with van der Waals surface area (Å²) >= 11 is 8.17. The summed E-state index contributed by atoms with van der Waals surface area (Å²) in [5.41, 5.74) is 0.735. The molecule has 2 aromatic rings. The van der Waals surface area contributed by atoms with E-state index in [0.717, 1.165) is 5.69 Å². The summed E-state index contributed by atoms with van der Waals surface area (Å²) in [4.78, 5) is 7.99. The van der Waals surface area contributed by atoms with E-state index in [1.54, 1.807) is 24.3 Å². The van der Waals surface area contributed by atoms with E-state index in [1.807, 2.05) is 6.07 Å². The van der Waals surface area contributed by atoms with E-state index in [0.29, 0.717) is 16.0 Å². The largest absolute Gasteiger partial charge is 0.508 e. The van der Waals surface area contributed by atoms with Crippen molar-refractivity contribution in [2.75, 3.05) is 5.32 Å². The van der Waals surface area contributed by atoms with Gasteiger partial charge in [0.05, 0.1) is 5.03 Å². The van der Waals surface area contributed by atoms with Crippen molar-refractivity contribution in [2.45, 2.75) is 10.2 Å². The highest BCUT2D eigenvalue weighted by Crippen LogP contribution is 2.20. The van der Waals surface area contributed by atoms with Gasteiger partial charge in [0.1, 0.15) is 11.6 Å². The van der Waals surface area contributed by atoms with E-state index >= 15 is 0 Å². The SMILES string of the molecule is Oc1cccc(Nc2cc(S)nc(S)n2)c1. The van der Waals surface area contributed by atoms with Gasteiger partial charge >= 0.3 is 0 Å². The lowest BCUT2D eigenvalue weighted by molar-refractivity contribution is 0.475. The number of nitrogens with one attached hydrogen (secondary N) is 1. The lowest BCUT2D eigenvalue weighted by Crippen LogP contribution is -1.95. The standard InChI is InChI=1S/C10H9N3OS2/c14-7-3-1-2-6(4-7)11-8-5-9(15)13-10(16)12-8/h1-5,14H,(H3,11,12,13,15,16). The van der Waals surface area contributed by atoms with E-state index < -0.39 is 0 Å². The van der Waals surface area contributed by atoms with Gasteiger partial charge in [-0.1, -0.05) is 6.07 Å². The fourth-order valence-corrected chi connectivity index (χ4v) is 1.73. The molecular formula is C10H9N3OS2. The summed E-state index contributed by atoms with van der Waals surface area (Å²) in [6.07, 6.45) is 0. The zero-order chi connectivity index (χ0) is 11.5. The number of nitrogens with zero attached hydrogens (tertiary/aromatic N) is 2. The van der Waals surface area contributed by atoms with Crippen LogP contribution in [-0.4, -0.2) is 15.1 Å². The Labute approximate surface area is 104 Å². The van der Waals surface area contributed by atoms with Crippen LogP contribution in [0.5, 0.6) is 5.75 Å². The van der Waals surface area contributed by atoms with Crippen LogP contribution in [0, 0.1) is 0 Å². The maximum absolute atomic E-state index is 9.30. The molecule has 0 fully saturated rings. The van der Waals surface area contributed by atoms with Crippen molar-refractivity contribution in [2.24, 2.45) is 0 Å². The van der Waals surface area contributed by atoms with Crippen LogP contribution in [0.1, 0.15) is 0 Å². The van der Waals surface area contributed by atoms with E-state index in [2.05, 4.69) is 40.5 Å². The summed E-state index contributed by atoms with van der Waals surface area (Å²) < 4.78 is 0. The van der Waals surface area contributed by atoms with Crippen molar-refractivity contribution in [1.29, 1.82) is 0 Å². The van der Waals surface area contributed by atoms with E-state index in [-0.39, 0.29) is 5.75 Å². The zero-order valence-corrected chi connectivity index (χ0v) is 9.91. The molecule has 1 aromatic carbocycles. The average Bonchev–Trinajstić information content (AvgIpc) is 2.15. The first kappa shape index (κ1) is 11.1. The first-order chi connectivity index (χ1) is 7.63. The van der Waals surface area contributed by atoms with Crippen molar-refractivity contribution in [3.63, 3.8) is 0 Å². The summed E-state index contributed by atoms with van der Waals surface area (Å²) in [7, 11) is 0. The number of phenolic OH excluding ortho intramolecular Hbond substituents is 1. The van der Waals surface area contributed by atoms with Gasteiger partial charge in [-0.2, -0.15) is 0 Å². The molecule has 6 heteroatoms. The summed E-state index contributed by atoms with van der Waals surface area (Å²) in [6, 6.07) is 8.42. The van der Waals surface area contributed by atoms with Crippen LogP contribution in [0.3, 0.4) is 0 Å². The number of phenols is 1. The third kappa shape index (κ3) is 2.80. The Balaban J connectivity index is 2.27. The topological polar surface area (TPSA) is 58.0 Å². The minimum atomic E-state index is 0.191. The molecular weight excluding hydrogens is 242 g/mol. The third-order valence-electron chi connectivity index (χ3n) is 1.82. The number of rotatable bonds is 2. The van der Waals surface area contributed by atoms with Crippen LogP contribution in [0.2, 0.25) is 0 Å². The monoisotopic (exact) mass is 251 g/mol. The van der Waals surface area contributed by atoms with Crippen molar-refractivity contribution in [3.8, 4) is 5.75 Å². The number of thiol groups is 2. The Morgan fingerprint density at radius 2 is 1.94 bits per heavy atom. The number of aromatic nitrogens is 2. The molecule has 0 atom stereocenters. The minimum Gasteiger partial charge on any atom is -0.508 e. The van der Waals surface area contributed by atoms with Crippen LogP contribution in [0.15, 0.2) is 40.5 Å². The van der Waals surface area contributed by atoms with Crippen molar-refractivity contribution in [3.05, 3.63) is 30.3 Å². The molecule has 4 nitrogen and oxygen atoms in total. The van der Waals surface area contributed by atoms with Gasteiger partial charge in [0.15, 0.2) is 5.16 Å². The third-order valence-corrected chi connectivity index (χ3v) is 2.25. The number of hydrogen-bond donors (Lipinski definition) is 4. The first-order valence-corrected chi connectivity index (χ1v) is 5.36. The Morgan fingerprint density at radius 3 is 2.62 bits per heavy atom. The predicted molar refractivity (Wildman–Crippen MR) is 67.9 cm³/mol. The second-order valence-corrected chi connectivity index (χ2v) is 3.94. The zero-order valence-electron chi connectivity index (χ0n) is 8.12. The highest BCUT2D eigenvalue weighted by Gasteiger charge is 2.00. The van der Waals surface area contributed by atoms with Gasteiger partial charge in [-0.25, -0.2) is 9.97 Å². The Kier molecular flexibility index (Phi) is 3.21. The van der Waals surface area contributed by atoms with Crippen molar-refractivity contribution >= 4 is 36.8 Å². The molecule has 0 aliphatic heterocycles. The highest BCUT2D eigenvalue weighted by molar-refractivity contribution is 7.80. The van der Waals surface area contributed by atoms with Gasteiger partial charge in [0, 0.05) is 17.8 Å². The minimum absolute atomic E-state index is 0.191. The van der Waals surface area contributed by atoms with Crippen LogP contribution < -0.4 is 5.32 Å². The molecule has 0 spiro atoms. The van der Waals surface area contributed by atoms with E-state index in [9.17, 15) is 5.11 Å². The normalized spacial score (nSPS) is 10.1. The van der Waals surface area contributed by atoms with Crippen LogP contribution in [-0.2, 0) is 0 Å². The summed E-state index contributed by atoms with van der Waals surface area (Å²) in [6.45, 7) is 0. The molecule has 2 N–H and O–H groups in total. The van der Waals surface area contributed by atoms with Crippen molar-refractivity contribution < 1.29 is 5.11 Å². The second kappa shape index (κ2) is 4.63. The lowest BCUT2D eigenvalue weighted by atomic mass is 10.3. The summed E-state index contributed by atoms with van der Waals surface area (Å²) in [5.74, 6) is 0.770. The molecule has 0 aliphatic carbocycles. The molecule has 0 unspecified atom stereocenters. The second-order valence-electron chi connectivity index (χ2n) is 3.09. The van der Waals surface area contributed by atoms with E-state index in [4.69, 9.17) is 0 Å². The number of hydrogen-bond acceptors (Lipinski definition) is 6. The molecule has 2 rings (SSSR count). The maximum atomic E-state index is 9.30. The molecule has 0 amide bonds. The van der Waals surface area contributed by atoms with Crippen LogP contribution >= 0.6 is 25.3 Å². The fourth-order valence-electron chi connectivity index (χ4n) is 1.22. The molecule has 0 saturated heterocycles. The first-order valence-electron chi connectivity index (χ1n) is 4.46. The van der Waals surface area contributed by atoms with Gasteiger partial charge in [0.2, 0.25) is 0 Å². The Bertz CT molecular complexity index is 499. The van der Waals surface area contributed by atoms with Gasteiger partial charge in [0.25, 0.3) is 0 Å². The smallest absolute Gasteiger partial charge is 0.187 e. The molecule has 1 aromatic heterocycles. The number of benzene rings is 1. The Hall–Kier alpha value is -1.40. The molecule has 16 heavy (non-hydrogen) atoms. The molecule has 0 bridgehead atoms. The maximum Gasteiger partial charge on any atom is 0.187 e. The molecule has 0 radical (unpaired) electrons. The van der Waals surface area contributed by atoms with Gasteiger partial charge < -0.3 is 10.4 Å². The molecule has 1 heterocycles. The Morgan fingerprint density at radius 1 is 1.12 bits per heavy atom. The predicted octanol–water partition coefficient (Wildman–Crippen LogP) is 2.50. The molecule has 0 saturated carbocycles. The quantitative estimate of drug-likeness (QED) is 0.376. The number of anilines is 2. The van der Waals surface area contributed by atoms with Crippen LogP contribution in [0.4, 0.5) is 11.5 Å². The van der Waals surface area contributed by atoms with Gasteiger partial charge in [-0.15, -0.1) is 25.3 Å². The van der Waals surface area contributed by atoms with Crippen LogP contribution in [0.25, 0.3) is 0 Å². The summed E-state index contributed by atoms with van der Waals surface area (Å²) in [5, 5.41) is 13.2. The lowest BCUT2D eigenvalue weighted by Gasteiger charge is -2.06. The van der Waals surface area contributed by atoms with Gasteiger partial charge in [-0.05, 0) is 12.1 Å². The fraction of sp³-hybridized carbons (Fsp3) is 0. The average molecular weight is 251 g/mol. The highest BCUT2D eigenvalue weighted by atomic mass is 32.1. The van der Waals surface area contributed by atoms with Crippen molar-refractivity contribution in [1.82, 2.24) is 9.97 Å². The molecule has 0 aliphatic rings. The van der Waals surface area contributed by atoms with E-state index in [1.165, 1.54) is 0 Å². The number of aromatic hydroxyl groups is 1. The van der Waals surface area contributed by atoms with Gasteiger partial charge in [-0.3, -0.25) is 0 Å².